The number of likely N-dealkylation sites (tertiary alicyclic amines) is 1. The summed E-state index contributed by atoms with van der Waals surface area (Å²) >= 11 is 0. The molecule has 3 nitrogen and oxygen atoms in total. The molecular formula is C16H21F2NO2. The van der Waals surface area contributed by atoms with Crippen LogP contribution in [0.2, 0.25) is 0 Å². The third-order valence-corrected chi connectivity index (χ3v) is 3.73. The first-order valence-electron chi connectivity index (χ1n) is 7.25. The minimum Gasteiger partial charge on any atom is -0.435 e. The number of hydrogen-bond donors (Lipinski definition) is 0. The number of benzene rings is 1. The summed E-state index contributed by atoms with van der Waals surface area (Å²) in [4.78, 5) is 14.2. The normalized spacial score (nSPS) is 22.4. The van der Waals surface area contributed by atoms with Gasteiger partial charge in [-0.15, -0.1) is 0 Å². The number of piperidine rings is 1. The van der Waals surface area contributed by atoms with E-state index in [-0.39, 0.29) is 11.7 Å². The SMILES string of the molecule is CC1CC(C)CN(C(=O)Cc2ccc(OC(F)F)cc2)C1. The van der Waals surface area contributed by atoms with E-state index in [1.807, 2.05) is 4.90 Å². The molecule has 1 aliphatic heterocycles. The molecule has 21 heavy (non-hydrogen) atoms. The van der Waals surface area contributed by atoms with Gasteiger partial charge in [-0.25, -0.2) is 0 Å². The van der Waals surface area contributed by atoms with Gasteiger partial charge in [-0.3, -0.25) is 4.79 Å². The van der Waals surface area contributed by atoms with Gasteiger partial charge in [-0.1, -0.05) is 26.0 Å². The monoisotopic (exact) mass is 297 g/mol. The molecule has 5 heteroatoms. The number of nitrogens with zero attached hydrogens (tertiary/aromatic N) is 1. The summed E-state index contributed by atoms with van der Waals surface area (Å²) in [5.74, 6) is 1.26. The molecule has 1 saturated heterocycles. The zero-order valence-corrected chi connectivity index (χ0v) is 12.4. The number of ether oxygens (including phenoxy) is 1. The molecule has 1 aliphatic rings. The van der Waals surface area contributed by atoms with E-state index >= 15 is 0 Å². The van der Waals surface area contributed by atoms with Crippen LogP contribution in [-0.2, 0) is 11.2 Å². The molecule has 1 heterocycles. The Labute approximate surface area is 123 Å². The predicted molar refractivity (Wildman–Crippen MR) is 76.3 cm³/mol. The van der Waals surface area contributed by atoms with E-state index in [1.165, 1.54) is 12.1 Å². The summed E-state index contributed by atoms with van der Waals surface area (Å²) in [6, 6.07) is 6.26. The number of halogens is 2. The topological polar surface area (TPSA) is 29.5 Å². The van der Waals surface area contributed by atoms with Gasteiger partial charge < -0.3 is 9.64 Å². The van der Waals surface area contributed by atoms with Crippen LogP contribution in [0.15, 0.2) is 24.3 Å². The molecule has 0 spiro atoms. The van der Waals surface area contributed by atoms with Crippen molar-refractivity contribution in [2.75, 3.05) is 13.1 Å². The molecule has 0 N–H and O–H groups in total. The molecule has 0 aliphatic carbocycles. The molecule has 2 unspecified atom stereocenters. The highest BCUT2D eigenvalue weighted by Gasteiger charge is 2.25. The third kappa shape index (κ3) is 4.69. The number of amides is 1. The van der Waals surface area contributed by atoms with Gasteiger partial charge in [0.05, 0.1) is 6.42 Å². The van der Waals surface area contributed by atoms with E-state index in [9.17, 15) is 13.6 Å². The van der Waals surface area contributed by atoms with E-state index in [1.54, 1.807) is 12.1 Å². The highest BCUT2D eigenvalue weighted by Crippen LogP contribution is 2.22. The van der Waals surface area contributed by atoms with Crippen LogP contribution >= 0.6 is 0 Å². The Bertz CT molecular complexity index is 466. The minimum atomic E-state index is -2.83. The van der Waals surface area contributed by atoms with Crippen LogP contribution in [0.25, 0.3) is 0 Å². The predicted octanol–water partition coefficient (Wildman–Crippen LogP) is 3.34. The second-order valence-corrected chi connectivity index (χ2v) is 5.94. The lowest BCUT2D eigenvalue weighted by molar-refractivity contribution is -0.133. The maximum absolute atomic E-state index is 12.3. The van der Waals surface area contributed by atoms with Crippen LogP contribution in [-0.4, -0.2) is 30.5 Å². The molecule has 2 atom stereocenters. The minimum absolute atomic E-state index is 0.0935. The van der Waals surface area contributed by atoms with Crippen molar-refractivity contribution in [3.8, 4) is 5.75 Å². The Morgan fingerprint density at radius 3 is 2.33 bits per heavy atom. The maximum Gasteiger partial charge on any atom is 0.387 e. The Balaban J connectivity index is 1.93. The van der Waals surface area contributed by atoms with Crippen molar-refractivity contribution in [3.05, 3.63) is 29.8 Å². The van der Waals surface area contributed by atoms with Crippen molar-refractivity contribution < 1.29 is 18.3 Å². The standard InChI is InChI=1S/C16H21F2NO2/c1-11-7-12(2)10-19(9-11)15(20)8-13-3-5-14(6-4-13)21-16(17)18/h3-6,11-12,16H,7-10H2,1-2H3. The van der Waals surface area contributed by atoms with Gasteiger partial charge in [-0.05, 0) is 36.0 Å². The fourth-order valence-corrected chi connectivity index (χ4v) is 2.94. The number of carbonyl (C=O) groups excluding carboxylic acids is 1. The first kappa shape index (κ1) is 15.7. The molecule has 116 valence electrons. The highest BCUT2D eigenvalue weighted by molar-refractivity contribution is 5.79. The zero-order chi connectivity index (χ0) is 15.4. The van der Waals surface area contributed by atoms with Crippen molar-refractivity contribution in [1.82, 2.24) is 4.90 Å². The van der Waals surface area contributed by atoms with Crippen LogP contribution in [0.3, 0.4) is 0 Å². The average molecular weight is 297 g/mol. The molecule has 1 amide bonds. The Morgan fingerprint density at radius 1 is 1.24 bits per heavy atom. The largest absolute Gasteiger partial charge is 0.435 e. The van der Waals surface area contributed by atoms with Gasteiger partial charge in [0.15, 0.2) is 0 Å². The maximum atomic E-state index is 12.3. The van der Waals surface area contributed by atoms with E-state index in [0.717, 1.165) is 25.1 Å². The molecule has 0 radical (unpaired) electrons. The van der Waals surface area contributed by atoms with E-state index in [0.29, 0.717) is 18.3 Å². The highest BCUT2D eigenvalue weighted by atomic mass is 19.3. The molecule has 0 bridgehead atoms. The second-order valence-electron chi connectivity index (χ2n) is 5.94. The van der Waals surface area contributed by atoms with Crippen molar-refractivity contribution >= 4 is 5.91 Å². The molecule has 1 aromatic rings. The van der Waals surface area contributed by atoms with E-state index < -0.39 is 6.61 Å². The Hall–Kier alpha value is -1.65. The summed E-state index contributed by atoms with van der Waals surface area (Å²) in [7, 11) is 0. The number of rotatable bonds is 4. The van der Waals surface area contributed by atoms with Crippen LogP contribution in [0.5, 0.6) is 5.75 Å². The number of alkyl halides is 2. The first-order valence-corrected chi connectivity index (χ1v) is 7.25. The van der Waals surface area contributed by atoms with Crippen molar-refractivity contribution in [1.29, 1.82) is 0 Å². The van der Waals surface area contributed by atoms with Gasteiger partial charge in [0, 0.05) is 13.1 Å². The summed E-state index contributed by atoms with van der Waals surface area (Å²) < 4.78 is 28.4. The third-order valence-electron chi connectivity index (χ3n) is 3.73. The zero-order valence-electron chi connectivity index (χ0n) is 12.4. The molecular weight excluding hydrogens is 276 g/mol. The molecule has 1 fully saturated rings. The molecule has 0 saturated carbocycles. The first-order chi connectivity index (χ1) is 9.94. The summed E-state index contributed by atoms with van der Waals surface area (Å²) in [5, 5.41) is 0. The summed E-state index contributed by atoms with van der Waals surface area (Å²) in [5.41, 5.74) is 0.812. The van der Waals surface area contributed by atoms with E-state index in [4.69, 9.17) is 0 Å². The van der Waals surface area contributed by atoms with Crippen molar-refractivity contribution in [2.45, 2.75) is 33.3 Å². The fourth-order valence-electron chi connectivity index (χ4n) is 2.94. The second kappa shape index (κ2) is 6.87. The number of hydrogen-bond acceptors (Lipinski definition) is 2. The van der Waals surface area contributed by atoms with Crippen LogP contribution < -0.4 is 4.74 Å². The lowest BCUT2D eigenvalue weighted by atomic mass is 9.91. The fraction of sp³-hybridized carbons (Fsp3) is 0.562. The summed E-state index contributed by atoms with van der Waals surface area (Å²) in [6.07, 6.45) is 1.46. The molecule has 1 aromatic carbocycles. The van der Waals surface area contributed by atoms with Crippen LogP contribution in [0.1, 0.15) is 25.8 Å². The van der Waals surface area contributed by atoms with Gasteiger partial charge in [0.25, 0.3) is 0 Å². The molecule has 0 aromatic heterocycles. The van der Waals surface area contributed by atoms with Gasteiger partial charge >= 0.3 is 6.61 Å². The Kier molecular flexibility index (Phi) is 5.15. The van der Waals surface area contributed by atoms with Gasteiger partial charge in [0.1, 0.15) is 5.75 Å². The summed E-state index contributed by atoms with van der Waals surface area (Å²) in [6.45, 7) is 3.10. The smallest absolute Gasteiger partial charge is 0.387 e. The lowest BCUT2D eigenvalue weighted by Gasteiger charge is -2.35. The number of carbonyl (C=O) groups is 1. The molecule has 2 rings (SSSR count). The lowest BCUT2D eigenvalue weighted by Crippen LogP contribution is -2.43. The van der Waals surface area contributed by atoms with Crippen molar-refractivity contribution in [2.24, 2.45) is 11.8 Å². The average Bonchev–Trinajstić information content (AvgIpc) is 2.39. The Morgan fingerprint density at radius 2 is 1.81 bits per heavy atom. The van der Waals surface area contributed by atoms with Crippen LogP contribution in [0.4, 0.5) is 8.78 Å². The van der Waals surface area contributed by atoms with E-state index in [2.05, 4.69) is 18.6 Å². The van der Waals surface area contributed by atoms with Crippen molar-refractivity contribution in [3.63, 3.8) is 0 Å². The van der Waals surface area contributed by atoms with Gasteiger partial charge in [0.2, 0.25) is 5.91 Å². The van der Waals surface area contributed by atoms with Gasteiger partial charge in [-0.2, -0.15) is 8.78 Å². The van der Waals surface area contributed by atoms with Crippen LogP contribution in [0, 0.1) is 11.8 Å². The quantitative estimate of drug-likeness (QED) is 0.853.